The lowest BCUT2D eigenvalue weighted by molar-refractivity contribution is -0.137. The Balaban J connectivity index is 2.18. The molecular formula is C15H14F3NS. The normalized spacial score (nSPS) is 13.2. The average molecular weight is 297 g/mol. The van der Waals surface area contributed by atoms with Gasteiger partial charge in [0.1, 0.15) is 0 Å². The molecule has 2 N–H and O–H groups in total. The van der Waals surface area contributed by atoms with Crippen LogP contribution < -0.4 is 5.73 Å². The van der Waals surface area contributed by atoms with Crippen molar-refractivity contribution in [2.75, 3.05) is 5.73 Å². The second-order valence-corrected chi connectivity index (χ2v) is 5.80. The third kappa shape index (κ3) is 3.48. The first kappa shape index (κ1) is 14.8. The first-order valence-electron chi connectivity index (χ1n) is 6.06. The summed E-state index contributed by atoms with van der Waals surface area (Å²) in [7, 11) is 0. The quantitative estimate of drug-likeness (QED) is 0.627. The Hall–Kier alpha value is -1.62. The van der Waals surface area contributed by atoms with Crippen LogP contribution in [0.4, 0.5) is 18.9 Å². The maximum absolute atomic E-state index is 12.6. The van der Waals surface area contributed by atoms with E-state index in [0.717, 1.165) is 17.7 Å². The highest BCUT2D eigenvalue weighted by atomic mass is 32.2. The zero-order chi connectivity index (χ0) is 14.8. The van der Waals surface area contributed by atoms with Gasteiger partial charge in [0.15, 0.2) is 0 Å². The SMILES string of the molecule is CC(Sc1ccc(C(F)(F)F)cc1N)c1ccccc1. The number of alkyl halides is 3. The zero-order valence-corrected chi connectivity index (χ0v) is 11.6. The van der Waals surface area contributed by atoms with Crippen molar-refractivity contribution in [1.29, 1.82) is 0 Å². The fourth-order valence-corrected chi connectivity index (χ4v) is 2.83. The molecular weight excluding hydrogens is 283 g/mol. The van der Waals surface area contributed by atoms with E-state index in [0.29, 0.717) is 4.90 Å². The van der Waals surface area contributed by atoms with Gasteiger partial charge < -0.3 is 5.73 Å². The summed E-state index contributed by atoms with van der Waals surface area (Å²) < 4.78 is 37.7. The molecule has 5 heteroatoms. The van der Waals surface area contributed by atoms with Crippen LogP contribution in [0.25, 0.3) is 0 Å². The topological polar surface area (TPSA) is 26.0 Å². The van der Waals surface area contributed by atoms with Gasteiger partial charge in [-0.2, -0.15) is 13.2 Å². The van der Waals surface area contributed by atoms with Gasteiger partial charge in [-0.05, 0) is 30.7 Å². The van der Waals surface area contributed by atoms with Crippen LogP contribution in [0.5, 0.6) is 0 Å². The van der Waals surface area contributed by atoms with Gasteiger partial charge in [0.25, 0.3) is 0 Å². The first-order valence-corrected chi connectivity index (χ1v) is 6.94. The summed E-state index contributed by atoms with van der Waals surface area (Å²) in [6.45, 7) is 2.00. The summed E-state index contributed by atoms with van der Waals surface area (Å²) in [5, 5.41) is 0.121. The van der Waals surface area contributed by atoms with Crippen molar-refractivity contribution < 1.29 is 13.2 Å². The minimum atomic E-state index is -4.36. The average Bonchev–Trinajstić information content (AvgIpc) is 2.41. The smallest absolute Gasteiger partial charge is 0.398 e. The molecule has 0 spiro atoms. The van der Waals surface area contributed by atoms with E-state index in [1.165, 1.54) is 17.8 Å². The van der Waals surface area contributed by atoms with Gasteiger partial charge in [-0.3, -0.25) is 0 Å². The Morgan fingerprint density at radius 1 is 1.05 bits per heavy atom. The Labute approximate surface area is 120 Å². The fourth-order valence-electron chi connectivity index (χ4n) is 1.81. The number of thioether (sulfide) groups is 1. The van der Waals surface area contributed by atoms with Crippen LogP contribution in [-0.2, 0) is 6.18 Å². The predicted octanol–water partition coefficient (Wildman–Crippen LogP) is 5.14. The summed E-state index contributed by atoms with van der Waals surface area (Å²) in [6.07, 6.45) is -4.36. The molecule has 1 nitrogen and oxygen atoms in total. The molecule has 0 aliphatic carbocycles. The molecule has 0 saturated heterocycles. The molecule has 0 aromatic heterocycles. The second-order valence-electron chi connectivity index (χ2n) is 4.42. The van der Waals surface area contributed by atoms with Gasteiger partial charge >= 0.3 is 6.18 Å². The minimum Gasteiger partial charge on any atom is -0.398 e. The Bertz CT molecular complexity index is 581. The highest BCUT2D eigenvalue weighted by Crippen LogP contribution is 2.40. The fraction of sp³-hybridized carbons (Fsp3) is 0.200. The number of hydrogen-bond acceptors (Lipinski definition) is 2. The van der Waals surface area contributed by atoms with E-state index in [1.807, 2.05) is 37.3 Å². The molecule has 0 saturated carbocycles. The van der Waals surface area contributed by atoms with E-state index in [1.54, 1.807) is 0 Å². The number of nitrogens with two attached hydrogens (primary N) is 1. The monoisotopic (exact) mass is 297 g/mol. The second kappa shape index (κ2) is 5.79. The van der Waals surface area contributed by atoms with Crippen LogP contribution in [-0.4, -0.2) is 0 Å². The third-order valence-electron chi connectivity index (χ3n) is 2.91. The molecule has 1 atom stereocenters. The molecule has 106 valence electrons. The number of rotatable bonds is 3. The van der Waals surface area contributed by atoms with Crippen molar-refractivity contribution in [3.05, 3.63) is 59.7 Å². The molecule has 20 heavy (non-hydrogen) atoms. The summed E-state index contributed by atoms with van der Waals surface area (Å²) in [5.74, 6) is 0. The number of anilines is 1. The number of hydrogen-bond donors (Lipinski definition) is 1. The van der Waals surface area contributed by atoms with Crippen LogP contribution in [0, 0.1) is 0 Å². The molecule has 0 radical (unpaired) electrons. The zero-order valence-electron chi connectivity index (χ0n) is 10.8. The molecule has 2 aromatic rings. The lowest BCUT2D eigenvalue weighted by Crippen LogP contribution is -2.06. The standard InChI is InChI=1S/C15H14F3NS/c1-10(11-5-3-2-4-6-11)20-14-8-7-12(9-13(14)19)15(16,17)18/h2-10H,19H2,1H3. The summed E-state index contributed by atoms with van der Waals surface area (Å²) in [4.78, 5) is 0.661. The van der Waals surface area contributed by atoms with E-state index >= 15 is 0 Å². The van der Waals surface area contributed by atoms with Gasteiger partial charge in [-0.25, -0.2) is 0 Å². The van der Waals surface area contributed by atoms with E-state index in [-0.39, 0.29) is 10.9 Å². The van der Waals surface area contributed by atoms with Crippen molar-refractivity contribution in [2.24, 2.45) is 0 Å². The van der Waals surface area contributed by atoms with E-state index in [4.69, 9.17) is 5.73 Å². The first-order chi connectivity index (χ1) is 9.38. The Kier molecular flexibility index (Phi) is 4.28. The lowest BCUT2D eigenvalue weighted by Gasteiger charge is -2.14. The molecule has 0 aliphatic rings. The van der Waals surface area contributed by atoms with Gasteiger partial charge in [0.05, 0.1) is 5.56 Å². The van der Waals surface area contributed by atoms with Crippen LogP contribution in [0.1, 0.15) is 23.3 Å². The van der Waals surface area contributed by atoms with Crippen molar-refractivity contribution in [3.63, 3.8) is 0 Å². The lowest BCUT2D eigenvalue weighted by atomic mass is 10.2. The molecule has 0 bridgehead atoms. The molecule has 0 aliphatic heterocycles. The van der Waals surface area contributed by atoms with Gasteiger partial charge in [-0.15, -0.1) is 11.8 Å². The van der Waals surface area contributed by atoms with Crippen molar-refractivity contribution in [1.82, 2.24) is 0 Å². The molecule has 2 rings (SSSR count). The largest absolute Gasteiger partial charge is 0.416 e. The number of benzene rings is 2. The summed E-state index contributed by atoms with van der Waals surface area (Å²) in [6, 6.07) is 13.2. The number of halogens is 3. The molecule has 0 heterocycles. The van der Waals surface area contributed by atoms with Crippen molar-refractivity contribution in [3.8, 4) is 0 Å². The Morgan fingerprint density at radius 3 is 2.25 bits per heavy atom. The molecule has 2 aromatic carbocycles. The van der Waals surface area contributed by atoms with Gasteiger partial charge in [0, 0.05) is 15.8 Å². The van der Waals surface area contributed by atoms with E-state index in [2.05, 4.69) is 0 Å². The van der Waals surface area contributed by atoms with Crippen LogP contribution >= 0.6 is 11.8 Å². The van der Waals surface area contributed by atoms with E-state index < -0.39 is 11.7 Å². The van der Waals surface area contributed by atoms with Crippen LogP contribution in [0.2, 0.25) is 0 Å². The highest BCUT2D eigenvalue weighted by molar-refractivity contribution is 7.99. The van der Waals surface area contributed by atoms with Crippen LogP contribution in [0.3, 0.4) is 0 Å². The van der Waals surface area contributed by atoms with Gasteiger partial charge in [-0.1, -0.05) is 30.3 Å². The summed E-state index contributed by atoms with van der Waals surface area (Å²) in [5.41, 5.74) is 6.28. The van der Waals surface area contributed by atoms with Crippen molar-refractivity contribution in [2.45, 2.75) is 23.2 Å². The maximum atomic E-state index is 12.6. The van der Waals surface area contributed by atoms with Crippen LogP contribution in [0.15, 0.2) is 53.4 Å². The molecule has 0 amide bonds. The predicted molar refractivity (Wildman–Crippen MR) is 76.6 cm³/mol. The maximum Gasteiger partial charge on any atom is 0.416 e. The number of nitrogen functional groups attached to an aromatic ring is 1. The van der Waals surface area contributed by atoms with E-state index in [9.17, 15) is 13.2 Å². The highest BCUT2D eigenvalue weighted by Gasteiger charge is 2.30. The Morgan fingerprint density at radius 2 is 1.70 bits per heavy atom. The minimum absolute atomic E-state index is 0.121. The molecule has 0 fully saturated rings. The third-order valence-corrected chi connectivity index (χ3v) is 4.16. The van der Waals surface area contributed by atoms with Crippen molar-refractivity contribution >= 4 is 17.4 Å². The molecule has 1 unspecified atom stereocenters. The summed E-state index contributed by atoms with van der Waals surface area (Å²) >= 11 is 1.45. The van der Waals surface area contributed by atoms with Gasteiger partial charge in [0.2, 0.25) is 0 Å².